The second-order valence-electron chi connectivity index (χ2n) is 5.80. The first-order valence-corrected chi connectivity index (χ1v) is 9.03. The fourth-order valence-electron chi connectivity index (χ4n) is 2.58. The van der Waals surface area contributed by atoms with Crippen LogP contribution in [0.25, 0.3) is 11.0 Å². The van der Waals surface area contributed by atoms with E-state index in [1.165, 1.54) is 11.8 Å². The molecule has 0 aliphatic rings. The maximum absolute atomic E-state index is 12.1. The van der Waals surface area contributed by atoms with Crippen molar-refractivity contribution in [3.63, 3.8) is 0 Å². The molecular weight excluding hydrogens is 338 g/mol. The van der Waals surface area contributed by atoms with Crippen molar-refractivity contribution in [2.75, 3.05) is 6.61 Å². The van der Waals surface area contributed by atoms with Gasteiger partial charge in [0.15, 0.2) is 5.16 Å². The number of aryl methyl sites for hydroxylation is 3. The number of thioether (sulfide) groups is 1. The van der Waals surface area contributed by atoms with Crippen LogP contribution in [0, 0.1) is 6.92 Å². The van der Waals surface area contributed by atoms with Gasteiger partial charge in [-0.3, -0.25) is 4.79 Å². The smallest absolute Gasteiger partial charge is 0.319 e. The predicted octanol–water partition coefficient (Wildman–Crippen LogP) is 2.59. The normalized spacial score (nSPS) is 12.4. The van der Waals surface area contributed by atoms with Crippen LogP contribution in [0.15, 0.2) is 35.7 Å². The molecular formula is C17H21N5O2S. The number of rotatable bonds is 7. The predicted molar refractivity (Wildman–Crippen MR) is 96.4 cm³/mol. The number of nitrogens with zero attached hydrogens (tertiary/aromatic N) is 5. The number of hydrogen-bond donors (Lipinski definition) is 0. The molecule has 0 aliphatic heterocycles. The van der Waals surface area contributed by atoms with Crippen LogP contribution in [0.1, 0.15) is 19.2 Å². The van der Waals surface area contributed by atoms with Gasteiger partial charge in [-0.1, -0.05) is 23.9 Å². The summed E-state index contributed by atoms with van der Waals surface area (Å²) in [6.45, 7) is 4.96. The van der Waals surface area contributed by atoms with E-state index in [9.17, 15) is 4.79 Å². The van der Waals surface area contributed by atoms with Gasteiger partial charge >= 0.3 is 5.97 Å². The van der Waals surface area contributed by atoms with E-state index in [1.807, 2.05) is 39.1 Å². The summed E-state index contributed by atoms with van der Waals surface area (Å²) in [5.74, 6) is 0.735. The van der Waals surface area contributed by atoms with E-state index in [0.717, 1.165) is 29.8 Å². The van der Waals surface area contributed by atoms with Crippen molar-refractivity contribution < 1.29 is 9.53 Å². The lowest BCUT2D eigenvalue weighted by Crippen LogP contribution is -2.18. The van der Waals surface area contributed by atoms with E-state index < -0.39 is 0 Å². The van der Waals surface area contributed by atoms with Gasteiger partial charge in [0.1, 0.15) is 17.4 Å². The molecule has 0 N–H and O–H groups in total. The molecule has 0 radical (unpaired) electrons. The monoisotopic (exact) mass is 359 g/mol. The van der Waals surface area contributed by atoms with Crippen molar-refractivity contribution in [3.8, 4) is 0 Å². The van der Waals surface area contributed by atoms with Crippen LogP contribution in [-0.2, 0) is 23.1 Å². The van der Waals surface area contributed by atoms with Gasteiger partial charge in [-0.25, -0.2) is 4.98 Å². The highest BCUT2D eigenvalue weighted by atomic mass is 32.2. The van der Waals surface area contributed by atoms with Crippen LogP contribution < -0.4 is 0 Å². The van der Waals surface area contributed by atoms with Crippen LogP contribution in [0.4, 0.5) is 0 Å². The molecule has 0 saturated carbocycles. The average molecular weight is 359 g/mol. The number of carbonyl (C=O) groups excluding carboxylic acids is 1. The highest BCUT2D eigenvalue weighted by Gasteiger charge is 2.18. The Kier molecular flexibility index (Phi) is 5.37. The van der Waals surface area contributed by atoms with Gasteiger partial charge in [0.05, 0.1) is 17.6 Å². The Morgan fingerprint density at radius 1 is 1.36 bits per heavy atom. The van der Waals surface area contributed by atoms with E-state index in [2.05, 4.69) is 25.8 Å². The van der Waals surface area contributed by atoms with E-state index in [0.29, 0.717) is 11.8 Å². The molecule has 0 fully saturated rings. The maximum atomic E-state index is 12.1. The maximum Gasteiger partial charge on any atom is 0.319 e. The topological polar surface area (TPSA) is 74.8 Å². The molecule has 0 amide bonds. The van der Waals surface area contributed by atoms with E-state index in [-0.39, 0.29) is 11.2 Å². The standard InChI is InChI=1S/C17H21N5O2S/c1-12(25-17-20-18-11-21(17)3)16(23)24-10-6-9-22-13(2)19-14-7-4-5-8-15(14)22/h4-5,7-8,11-12H,6,9-10H2,1-3H3. The Morgan fingerprint density at radius 2 is 2.16 bits per heavy atom. The Morgan fingerprint density at radius 3 is 2.92 bits per heavy atom. The molecule has 0 spiro atoms. The summed E-state index contributed by atoms with van der Waals surface area (Å²) >= 11 is 1.34. The van der Waals surface area contributed by atoms with Gasteiger partial charge in [-0.05, 0) is 32.4 Å². The van der Waals surface area contributed by atoms with Crippen molar-refractivity contribution in [1.29, 1.82) is 0 Å². The number of para-hydroxylation sites is 2. The number of carbonyl (C=O) groups is 1. The molecule has 8 heteroatoms. The zero-order valence-corrected chi connectivity index (χ0v) is 15.4. The molecule has 0 aliphatic carbocycles. The van der Waals surface area contributed by atoms with E-state index >= 15 is 0 Å². The Hall–Kier alpha value is -2.35. The minimum atomic E-state index is -0.321. The zero-order valence-electron chi connectivity index (χ0n) is 14.5. The van der Waals surface area contributed by atoms with Crippen LogP contribution >= 0.6 is 11.8 Å². The van der Waals surface area contributed by atoms with Crippen LogP contribution in [-0.4, -0.2) is 42.1 Å². The van der Waals surface area contributed by atoms with Crippen LogP contribution in [0.2, 0.25) is 0 Å². The number of fused-ring (bicyclic) bond motifs is 1. The molecule has 3 aromatic rings. The van der Waals surface area contributed by atoms with Crippen molar-refractivity contribution in [1.82, 2.24) is 24.3 Å². The molecule has 2 heterocycles. The summed E-state index contributed by atoms with van der Waals surface area (Å²) in [5.41, 5.74) is 2.10. The minimum Gasteiger partial charge on any atom is -0.465 e. The highest BCUT2D eigenvalue weighted by molar-refractivity contribution is 8.00. The van der Waals surface area contributed by atoms with E-state index in [1.54, 1.807) is 10.9 Å². The summed E-state index contributed by atoms with van der Waals surface area (Å²) in [6, 6.07) is 8.05. The van der Waals surface area contributed by atoms with Gasteiger partial charge in [0, 0.05) is 13.6 Å². The molecule has 1 atom stereocenters. The Bertz CT molecular complexity index is 873. The van der Waals surface area contributed by atoms with Crippen molar-refractivity contribution >= 4 is 28.8 Å². The SMILES string of the molecule is Cc1nc2ccccc2n1CCCOC(=O)C(C)Sc1nncn1C. The molecule has 0 saturated heterocycles. The largest absolute Gasteiger partial charge is 0.465 e. The highest BCUT2D eigenvalue weighted by Crippen LogP contribution is 2.21. The molecule has 7 nitrogen and oxygen atoms in total. The summed E-state index contributed by atoms with van der Waals surface area (Å²) in [5, 5.41) is 8.15. The van der Waals surface area contributed by atoms with Crippen molar-refractivity contribution in [2.24, 2.45) is 7.05 Å². The quantitative estimate of drug-likeness (QED) is 0.367. The summed E-state index contributed by atoms with van der Waals surface area (Å²) in [4.78, 5) is 16.6. The molecule has 3 rings (SSSR count). The fourth-order valence-corrected chi connectivity index (χ4v) is 3.36. The van der Waals surface area contributed by atoms with Gasteiger partial charge in [-0.15, -0.1) is 10.2 Å². The molecule has 25 heavy (non-hydrogen) atoms. The Labute approximate surface area is 150 Å². The number of ether oxygens (including phenoxy) is 1. The Balaban J connectivity index is 1.48. The lowest BCUT2D eigenvalue weighted by molar-refractivity contribution is -0.142. The number of benzene rings is 1. The molecule has 0 bridgehead atoms. The molecule has 1 aromatic carbocycles. The van der Waals surface area contributed by atoms with Crippen molar-refractivity contribution in [3.05, 3.63) is 36.4 Å². The average Bonchev–Trinajstić information content (AvgIpc) is 3.14. The van der Waals surface area contributed by atoms with E-state index in [4.69, 9.17) is 4.74 Å². The van der Waals surface area contributed by atoms with Gasteiger partial charge < -0.3 is 13.9 Å². The van der Waals surface area contributed by atoms with Crippen LogP contribution in [0.5, 0.6) is 0 Å². The van der Waals surface area contributed by atoms with Crippen molar-refractivity contribution in [2.45, 2.75) is 37.2 Å². The first-order valence-electron chi connectivity index (χ1n) is 8.15. The number of esters is 1. The lowest BCUT2D eigenvalue weighted by Gasteiger charge is -2.11. The third-order valence-corrected chi connectivity index (χ3v) is 5.03. The molecule has 2 aromatic heterocycles. The van der Waals surface area contributed by atoms with Gasteiger partial charge in [0.25, 0.3) is 0 Å². The first-order chi connectivity index (χ1) is 12.1. The fraction of sp³-hybridized carbons (Fsp3) is 0.412. The number of imidazole rings is 1. The summed E-state index contributed by atoms with van der Waals surface area (Å²) in [6.07, 6.45) is 2.35. The second kappa shape index (κ2) is 7.69. The third kappa shape index (κ3) is 4.01. The molecule has 1 unspecified atom stereocenters. The first kappa shape index (κ1) is 17.5. The summed E-state index contributed by atoms with van der Waals surface area (Å²) in [7, 11) is 1.85. The number of hydrogen-bond acceptors (Lipinski definition) is 6. The number of aromatic nitrogens is 5. The van der Waals surface area contributed by atoms with Gasteiger partial charge in [-0.2, -0.15) is 0 Å². The third-order valence-electron chi connectivity index (χ3n) is 3.90. The molecule has 132 valence electrons. The lowest BCUT2D eigenvalue weighted by atomic mass is 10.3. The van der Waals surface area contributed by atoms with Crippen LogP contribution in [0.3, 0.4) is 0 Å². The van der Waals surface area contributed by atoms with Gasteiger partial charge in [0.2, 0.25) is 0 Å². The second-order valence-corrected chi connectivity index (χ2v) is 7.11. The zero-order chi connectivity index (χ0) is 17.8. The minimum absolute atomic E-state index is 0.236. The summed E-state index contributed by atoms with van der Waals surface area (Å²) < 4.78 is 9.32.